The van der Waals surface area contributed by atoms with E-state index in [4.69, 9.17) is 0 Å². The third-order valence-electron chi connectivity index (χ3n) is 4.20. The Morgan fingerprint density at radius 2 is 1.73 bits per heavy atom. The molecule has 1 aromatic carbocycles. The molecule has 2 unspecified atom stereocenters. The number of hydrogen-bond donors (Lipinski definition) is 2. The van der Waals surface area contributed by atoms with E-state index in [0.717, 1.165) is 5.39 Å². The Morgan fingerprint density at radius 3 is 2.50 bits per heavy atom. The molecule has 108 valence electrons. The summed E-state index contributed by atoms with van der Waals surface area (Å²) in [6.45, 7) is 0. The molecule has 2 aliphatic rings. The van der Waals surface area contributed by atoms with Gasteiger partial charge in [-0.1, -0.05) is 42.5 Å². The molecule has 22 heavy (non-hydrogen) atoms. The normalized spacial score (nSPS) is 23.4. The van der Waals surface area contributed by atoms with E-state index in [1.54, 1.807) is 30.4 Å². The van der Waals surface area contributed by atoms with Crippen molar-refractivity contribution in [3.63, 3.8) is 0 Å². The number of pyridine rings is 1. The van der Waals surface area contributed by atoms with Gasteiger partial charge in [0, 0.05) is 11.3 Å². The van der Waals surface area contributed by atoms with Gasteiger partial charge in [-0.15, -0.1) is 0 Å². The van der Waals surface area contributed by atoms with Crippen molar-refractivity contribution in [2.45, 2.75) is 0 Å². The van der Waals surface area contributed by atoms with Gasteiger partial charge in [-0.05, 0) is 12.1 Å². The van der Waals surface area contributed by atoms with Gasteiger partial charge in [0.25, 0.3) is 0 Å². The number of aliphatic hydroxyl groups is 1. The Hall–Kier alpha value is -2.88. The zero-order valence-corrected chi connectivity index (χ0v) is 11.6. The van der Waals surface area contributed by atoms with Crippen LogP contribution in [-0.2, 0) is 4.79 Å². The molecule has 0 spiro atoms. The number of para-hydroxylation sites is 1. The van der Waals surface area contributed by atoms with Gasteiger partial charge in [0.05, 0.1) is 17.0 Å². The predicted molar refractivity (Wildman–Crippen MR) is 83.2 cm³/mol. The Bertz CT molecular complexity index is 892. The van der Waals surface area contributed by atoms with Crippen LogP contribution in [0.25, 0.3) is 16.5 Å². The van der Waals surface area contributed by atoms with Crippen molar-refractivity contribution in [3.8, 4) is 5.75 Å². The van der Waals surface area contributed by atoms with E-state index in [1.165, 1.54) is 0 Å². The topological polar surface area (TPSA) is 70.4 Å². The van der Waals surface area contributed by atoms with Crippen molar-refractivity contribution in [3.05, 3.63) is 66.1 Å². The summed E-state index contributed by atoms with van der Waals surface area (Å²) in [5.41, 5.74) is 0.941. The zero-order chi connectivity index (χ0) is 15.3. The van der Waals surface area contributed by atoms with Crippen LogP contribution in [0.15, 0.2) is 60.4 Å². The highest BCUT2D eigenvalue weighted by atomic mass is 16.3. The maximum Gasteiger partial charge on any atom is 0.176 e. The van der Waals surface area contributed by atoms with E-state index in [1.807, 2.05) is 24.3 Å². The molecule has 1 heterocycles. The van der Waals surface area contributed by atoms with Crippen LogP contribution >= 0.6 is 0 Å². The molecule has 1 aromatic heterocycles. The number of benzene rings is 1. The number of ketones is 1. The lowest BCUT2D eigenvalue weighted by Gasteiger charge is -2.13. The fourth-order valence-electron chi connectivity index (χ4n) is 3.11. The van der Waals surface area contributed by atoms with Crippen LogP contribution in [0.3, 0.4) is 0 Å². The average molecular weight is 291 g/mol. The number of nitrogens with zero attached hydrogens (tertiary/aromatic N) is 1. The summed E-state index contributed by atoms with van der Waals surface area (Å²) in [5.74, 6) is -1.09. The molecule has 2 aliphatic carbocycles. The molecular weight excluding hydrogens is 278 g/mol. The van der Waals surface area contributed by atoms with Gasteiger partial charge in [-0.3, -0.25) is 4.79 Å². The molecule has 0 bridgehead atoms. The number of allylic oxidation sites excluding steroid dienone is 5. The summed E-state index contributed by atoms with van der Waals surface area (Å²) in [6, 6.07) is 8.90. The summed E-state index contributed by atoms with van der Waals surface area (Å²) < 4.78 is 0. The number of rotatable bonds is 1. The molecule has 0 aliphatic heterocycles. The minimum Gasteiger partial charge on any atom is -0.511 e. The maximum atomic E-state index is 12.6. The zero-order valence-electron chi connectivity index (χ0n) is 11.6. The van der Waals surface area contributed by atoms with E-state index in [2.05, 4.69) is 4.98 Å². The molecule has 0 radical (unpaired) electrons. The molecule has 2 N–H and O–H groups in total. The van der Waals surface area contributed by atoms with Crippen LogP contribution < -0.4 is 0 Å². The van der Waals surface area contributed by atoms with Gasteiger partial charge in [-0.25, -0.2) is 4.98 Å². The highest BCUT2D eigenvalue weighted by molar-refractivity contribution is 6.26. The molecule has 0 amide bonds. The summed E-state index contributed by atoms with van der Waals surface area (Å²) in [4.78, 5) is 17.0. The number of Topliss-reactive ketones (excluding diaryl/α,β-unsaturated/α-hetero) is 1. The first-order chi connectivity index (χ1) is 10.7. The first-order valence-corrected chi connectivity index (χ1v) is 7.08. The van der Waals surface area contributed by atoms with Crippen molar-refractivity contribution in [2.75, 3.05) is 0 Å². The second-order valence-electron chi connectivity index (χ2n) is 5.49. The van der Waals surface area contributed by atoms with Crippen molar-refractivity contribution < 1.29 is 15.0 Å². The van der Waals surface area contributed by atoms with Crippen molar-refractivity contribution >= 4 is 22.3 Å². The second kappa shape index (κ2) is 4.56. The molecule has 2 aromatic rings. The SMILES string of the molecule is O=C1C(c2nc3ccccc3cc2O)=C(O)C2C=CC=CC12. The van der Waals surface area contributed by atoms with Gasteiger partial charge in [0.15, 0.2) is 5.78 Å². The molecule has 0 saturated heterocycles. The second-order valence-corrected chi connectivity index (χ2v) is 5.49. The van der Waals surface area contributed by atoms with E-state index < -0.39 is 5.92 Å². The van der Waals surface area contributed by atoms with Crippen molar-refractivity contribution in [2.24, 2.45) is 11.8 Å². The minimum absolute atomic E-state index is 0.0197. The largest absolute Gasteiger partial charge is 0.511 e. The van der Waals surface area contributed by atoms with Gasteiger partial charge < -0.3 is 10.2 Å². The predicted octanol–water partition coefficient (Wildman–Crippen LogP) is 3.15. The number of carbonyl (C=O) groups excluding carboxylic acids is 1. The molecule has 4 nitrogen and oxygen atoms in total. The van der Waals surface area contributed by atoms with Crippen LogP contribution in [0.2, 0.25) is 0 Å². The molecule has 2 atom stereocenters. The Labute approximate surface area is 126 Å². The van der Waals surface area contributed by atoms with Gasteiger partial charge in [-0.2, -0.15) is 0 Å². The van der Waals surface area contributed by atoms with Crippen LogP contribution in [0.5, 0.6) is 5.75 Å². The number of aliphatic hydroxyl groups excluding tert-OH is 1. The lowest BCUT2D eigenvalue weighted by atomic mass is 9.90. The van der Waals surface area contributed by atoms with Crippen LogP contribution in [0.4, 0.5) is 0 Å². The smallest absolute Gasteiger partial charge is 0.176 e. The van der Waals surface area contributed by atoms with Crippen LogP contribution in [0.1, 0.15) is 5.69 Å². The maximum absolute atomic E-state index is 12.6. The summed E-state index contributed by atoms with van der Waals surface area (Å²) in [6.07, 6.45) is 7.17. The fraction of sp³-hybridized carbons (Fsp3) is 0.111. The first kappa shape index (κ1) is 12.8. The van der Waals surface area contributed by atoms with E-state index in [9.17, 15) is 15.0 Å². The fourth-order valence-corrected chi connectivity index (χ4v) is 3.11. The highest BCUT2D eigenvalue weighted by Gasteiger charge is 2.42. The Morgan fingerprint density at radius 1 is 1.00 bits per heavy atom. The number of fused-ring (bicyclic) bond motifs is 2. The number of aromatic nitrogens is 1. The third-order valence-corrected chi connectivity index (χ3v) is 4.20. The van der Waals surface area contributed by atoms with E-state index in [0.29, 0.717) is 5.52 Å². The average Bonchev–Trinajstić information content (AvgIpc) is 2.79. The lowest BCUT2D eigenvalue weighted by Crippen LogP contribution is -2.15. The summed E-state index contributed by atoms with van der Waals surface area (Å²) in [5, 5.41) is 21.5. The van der Waals surface area contributed by atoms with E-state index in [-0.39, 0.29) is 34.5 Å². The van der Waals surface area contributed by atoms with Crippen LogP contribution in [0, 0.1) is 11.8 Å². The standard InChI is InChI=1S/C18H13NO3/c20-14-9-10-5-1-4-8-13(10)19-16(14)15-17(21)11-6-2-3-7-12(11)18(15)22/h1-9,11-12,20-21H. The quantitative estimate of drug-likeness (QED) is 0.846. The molecule has 4 rings (SSSR count). The van der Waals surface area contributed by atoms with Gasteiger partial charge >= 0.3 is 0 Å². The Balaban J connectivity index is 1.93. The molecule has 4 heteroatoms. The molecule has 0 fully saturated rings. The number of aromatic hydroxyl groups is 1. The van der Waals surface area contributed by atoms with Crippen molar-refractivity contribution in [1.29, 1.82) is 0 Å². The van der Waals surface area contributed by atoms with Crippen molar-refractivity contribution in [1.82, 2.24) is 4.98 Å². The highest BCUT2D eigenvalue weighted by Crippen LogP contribution is 2.43. The number of carbonyl (C=O) groups is 1. The molecular formula is C18H13NO3. The van der Waals surface area contributed by atoms with Gasteiger partial charge in [0.1, 0.15) is 17.2 Å². The Kier molecular flexibility index (Phi) is 2.66. The summed E-state index contributed by atoms with van der Waals surface area (Å²) in [7, 11) is 0. The first-order valence-electron chi connectivity index (χ1n) is 7.08. The van der Waals surface area contributed by atoms with Crippen LogP contribution in [-0.4, -0.2) is 21.0 Å². The minimum atomic E-state index is -0.410. The molecule has 0 saturated carbocycles. The summed E-state index contributed by atoms with van der Waals surface area (Å²) >= 11 is 0. The monoisotopic (exact) mass is 291 g/mol. The number of hydrogen-bond acceptors (Lipinski definition) is 4. The van der Waals surface area contributed by atoms with Gasteiger partial charge in [0.2, 0.25) is 0 Å². The third kappa shape index (κ3) is 1.70. The lowest BCUT2D eigenvalue weighted by molar-refractivity contribution is -0.115. The van der Waals surface area contributed by atoms with E-state index >= 15 is 0 Å².